The van der Waals surface area contributed by atoms with Crippen LogP contribution in [0.3, 0.4) is 0 Å². The van der Waals surface area contributed by atoms with Gasteiger partial charge in [0.15, 0.2) is 0 Å². The predicted octanol–water partition coefficient (Wildman–Crippen LogP) is 3.19. The molecule has 2 nitrogen and oxygen atoms in total. The number of rotatable bonds is 2. The summed E-state index contributed by atoms with van der Waals surface area (Å²) in [6, 6.07) is 9.62. The SMILES string of the molecule is CC(N(C)C(=O)c1ccccc1)C(C)(C)C. The van der Waals surface area contributed by atoms with Gasteiger partial charge in [0.05, 0.1) is 0 Å². The maximum atomic E-state index is 12.2. The van der Waals surface area contributed by atoms with Gasteiger partial charge in [-0.25, -0.2) is 0 Å². The van der Waals surface area contributed by atoms with Crippen LogP contribution < -0.4 is 0 Å². The lowest BCUT2D eigenvalue weighted by molar-refractivity contribution is 0.0629. The van der Waals surface area contributed by atoms with Crippen LogP contribution in [-0.2, 0) is 0 Å². The van der Waals surface area contributed by atoms with Gasteiger partial charge < -0.3 is 4.90 Å². The van der Waals surface area contributed by atoms with E-state index in [1.54, 1.807) is 0 Å². The molecule has 0 N–H and O–H groups in total. The number of carbonyl (C=O) groups excluding carboxylic acids is 1. The fraction of sp³-hybridized carbons (Fsp3) is 0.500. The van der Waals surface area contributed by atoms with E-state index in [9.17, 15) is 4.79 Å². The molecule has 0 aliphatic carbocycles. The van der Waals surface area contributed by atoms with Crippen LogP contribution >= 0.6 is 0 Å². The lowest BCUT2D eigenvalue weighted by Crippen LogP contribution is -2.42. The van der Waals surface area contributed by atoms with Gasteiger partial charge in [-0.05, 0) is 24.5 Å². The summed E-state index contributed by atoms with van der Waals surface area (Å²) in [7, 11) is 1.87. The van der Waals surface area contributed by atoms with Gasteiger partial charge in [-0.15, -0.1) is 0 Å². The average Bonchev–Trinajstić information content (AvgIpc) is 2.26. The van der Waals surface area contributed by atoms with Crippen molar-refractivity contribution < 1.29 is 4.79 Å². The molecule has 0 aromatic heterocycles. The molecule has 1 rings (SSSR count). The Balaban J connectivity index is 2.84. The maximum Gasteiger partial charge on any atom is 0.253 e. The standard InChI is InChI=1S/C14H21NO/c1-11(14(2,3)4)15(5)13(16)12-9-7-6-8-10-12/h6-11H,1-5H3. The summed E-state index contributed by atoms with van der Waals surface area (Å²) in [5.74, 6) is 0.0861. The number of amides is 1. The molecular weight excluding hydrogens is 198 g/mol. The van der Waals surface area contributed by atoms with Crippen LogP contribution in [0.2, 0.25) is 0 Å². The highest BCUT2D eigenvalue weighted by atomic mass is 16.2. The smallest absolute Gasteiger partial charge is 0.253 e. The molecule has 0 saturated carbocycles. The molecule has 1 unspecified atom stereocenters. The lowest BCUT2D eigenvalue weighted by Gasteiger charge is -2.35. The monoisotopic (exact) mass is 219 g/mol. The highest BCUT2D eigenvalue weighted by Crippen LogP contribution is 2.24. The van der Waals surface area contributed by atoms with Gasteiger partial charge in [0.2, 0.25) is 0 Å². The van der Waals surface area contributed by atoms with E-state index in [2.05, 4.69) is 27.7 Å². The first-order valence-electron chi connectivity index (χ1n) is 5.66. The van der Waals surface area contributed by atoms with Crippen molar-refractivity contribution in [3.63, 3.8) is 0 Å². The second-order valence-corrected chi connectivity index (χ2v) is 5.32. The van der Waals surface area contributed by atoms with Crippen molar-refractivity contribution in [1.82, 2.24) is 4.90 Å². The van der Waals surface area contributed by atoms with Crippen molar-refractivity contribution >= 4 is 5.91 Å². The third kappa shape index (κ3) is 2.84. The summed E-state index contributed by atoms with van der Waals surface area (Å²) >= 11 is 0. The van der Waals surface area contributed by atoms with Crippen LogP contribution in [0.5, 0.6) is 0 Å². The lowest BCUT2D eigenvalue weighted by atomic mass is 9.87. The van der Waals surface area contributed by atoms with Crippen LogP contribution in [0.4, 0.5) is 0 Å². The Bertz CT molecular complexity index is 351. The first-order chi connectivity index (χ1) is 7.34. The van der Waals surface area contributed by atoms with Crippen molar-refractivity contribution in [3.05, 3.63) is 35.9 Å². The molecule has 0 spiro atoms. The average molecular weight is 219 g/mol. The van der Waals surface area contributed by atoms with Crippen LogP contribution in [0.1, 0.15) is 38.1 Å². The van der Waals surface area contributed by atoms with E-state index in [0.717, 1.165) is 5.56 Å². The van der Waals surface area contributed by atoms with Gasteiger partial charge in [0, 0.05) is 18.7 Å². The molecule has 1 aromatic carbocycles. The summed E-state index contributed by atoms with van der Waals surface area (Å²) in [4.78, 5) is 14.0. The maximum absolute atomic E-state index is 12.2. The minimum Gasteiger partial charge on any atom is -0.338 e. The largest absolute Gasteiger partial charge is 0.338 e. The van der Waals surface area contributed by atoms with Crippen LogP contribution in [-0.4, -0.2) is 23.9 Å². The number of carbonyl (C=O) groups is 1. The van der Waals surface area contributed by atoms with Gasteiger partial charge in [-0.2, -0.15) is 0 Å². The molecule has 0 aliphatic heterocycles. The summed E-state index contributed by atoms with van der Waals surface area (Å²) in [5, 5.41) is 0. The van der Waals surface area contributed by atoms with E-state index in [1.807, 2.05) is 42.3 Å². The first-order valence-corrected chi connectivity index (χ1v) is 5.66. The van der Waals surface area contributed by atoms with Gasteiger partial charge in [-0.1, -0.05) is 39.0 Å². The Kier molecular flexibility index (Phi) is 3.74. The Morgan fingerprint density at radius 3 is 2.12 bits per heavy atom. The van der Waals surface area contributed by atoms with Crippen molar-refractivity contribution in [2.24, 2.45) is 5.41 Å². The number of benzene rings is 1. The Hall–Kier alpha value is -1.31. The number of hydrogen-bond donors (Lipinski definition) is 0. The molecule has 16 heavy (non-hydrogen) atoms. The zero-order valence-corrected chi connectivity index (χ0v) is 10.8. The zero-order valence-electron chi connectivity index (χ0n) is 10.8. The molecule has 0 aliphatic rings. The molecular formula is C14H21NO. The zero-order chi connectivity index (χ0) is 12.3. The summed E-state index contributed by atoms with van der Waals surface area (Å²) in [5.41, 5.74) is 0.847. The molecule has 0 fully saturated rings. The Morgan fingerprint density at radius 1 is 1.19 bits per heavy atom. The topological polar surface area (TPSA) is 20.3 Å². The summed E-state index contributed by atoms with van der Waals surface area (Å²) < 4.78 is 0. The fourth-order valence-corrected chi connectivity index (χ4v) is 1.54. The van der Waals surface area contributed by atoms with Crippen molar-refractivity contribution in [3.8, 4) is 0 Å². The third-order valence-corrected chi connectivity index (χ3v) is 3.18. The molecule has 0 radical (unpaired) electrons. The fourth-order valence-electron chi connectivity index (χ4n) is 1.54. The van der Waals surface area contributed by atoms with E-state index in [-0.39, 0.29) is 17.4 Å². The highest BCUT2D eigenvalue weighted by molar-refractivity contribution is 5.94. The molecule has 1 aromatic rings. The summed E-state index contributed by atoms with van der Waals surface area (Å²) in [6.07, 6.45) is 0. The molecule has 0 bridgehead atoms. The Labute approximate surface area is 98.3 Å². The summed E-state index contributed by atoms with van der Waals surface area (Å²) in [6.45, 7) is 8.52. The van der Waals surface area contributed by atoms with Gasteiger partial charge in [-0.3, -0.25) is 4.79 Å². The molecule has 0 saturated heterocycles. The number of nitrogens with zero attached hydrogens (tertiary/aromatic N) is 1. The molecule has 88 valence electrons. The van der Waals surface area contributed by atoms with Crippen molar-refractivity contribution in [2.45, 2.75) is 33.7 Å². The van der Waals surface area contributed by atoms with Crippen molar-refractivity contribution in [1.29, 1.82) is 0 Å². The van der Waals surface area contributed by atoms with Crippen LogP contribution in [0.15, 0.2) is 30.3 Å². The van der Waals surface area contributed by atoms with E-state index < -0.39 is 0 Å². The predicted molar refractivity (Wildman–Crippen MR) is 67.5 cm³/mol. The third-order valence-electron chi connectivity index (χ3n) is 3.18. The molecule has 1 atom stereocenters. The minimum atomic E-state index is 0.0861. The van der Waals surface area contributed by atoms with E-state index >= 15 is 0 Å². The second kappa shape index (κ2) is 4.69. The van der Waals surface area contributed by atoms with Gasteiger partial charge >= 0.3 is 0 Å². The number of hydrogen-bond acceptors (Lipinski definition) is 1. The van der Waals surface area contributed by atoms with Gasteiger partial charge in [0.25, 0.3) is 5.91 Å². The normalized spacial score (nSPS) is 13.3. The minimum absolute atomic E-state index is 0.0861. The second-order valence-electron chi connectivity index (χ2n) is 5.32. The van der Waals surface area contributed by atoms with E-state index in [0.29, 0.717) is 0 Å². The van der Waals surface area contributed by atoms with Crippen LogP contribution in [0, 0.1) is 5.41 Å². The van der Waals surface area contributed by atoms with E-state index in [1.165, 1.54) is 0 Å². The first kappa shape index (κ1) is 12.8. The quantitative estimate of drug-likeness (QED) is 0.748. The molecule has 1 amide bonds. The highest BCUT2D eigenvalue weighted by Gasteiger charge is 2.27. The van der Waals surface area contributed by atoms with E-state index in [4.69, 9.17) is 0 Å². The molecule has 0 heterocycles. The van der Waals surface area contributed by atoms with Gasteiger partial charge in [0.1, 0.15) is 0 Å². The van der Waals surface area contributed by atoms with Crippen LogP contribution in [0.25, 0.3) is 0 Å². The van der Waals surface area contributed by atoms with Crippen molar-refractivity contribution in [2.75, 3.05) is 7.05 Å². The Morgan fingerprint density at radius 2 is 1.69 bits per heavy atom. The molecule has 2 heteroatoms.